The fraction of sp³-hybridized carbons (Fsp3) is 0.696. The average molecular weight is 416 g/mol. The number of carbonyl (C=O) groups is 2. The molecule has 0 spiro atoms. The van der Waals surface area contributed by atoms with Crippen LogP contribution in [0.2, 0.25) is 0 Å². The van der Waals surface area contributed by atoms with Crippen molar-refractivity contribution in [2.75, 3.05) is 19.7 Å². The Hall–Kier alpha value is -2.31. The van der Waals surface area contributed by atoms with E-state index in [1.165, 1.54) is 18.4 Å². The van der Waals surface area contributed by atoms with Gasteiger partial charge >= 0.3 is 6.09 Å². The lowest BCUT2D eigenvalue weighted by atomic mass is 10.1. The second-order valence-electron chi connectivity index (χ2n) is 10.6. The summed E-state index contributed by atoms with van der Waals surface area (Å²) < 4.78 is 11.5. The maximum atomic E-state index is 12.8. The number of rotatable bonds is 6. The monoisotopic (exact) mass is 415 g/mol. The van der Waals surface area contributed by atoms with E-state index < -0.39 is 11.1 Å². The molecule has 1 saturated heterocycles. The van der Waals surface area contributed by atoms with Gasteiger partial charge in [0.1, 0.15) is 18.0 Å². The van der Waals surface area contributed by atoms with E-state index in [2.05, 4.69) is 10.3 Å². The van der Waals surface area contributed by atoms with Crippen molar-refractivity contribution < 1.29 is 19.1 Å². The number of carbonyl (C=O) groups excluding carboxylic acids is 2. The zero-order valence-electron chi connectivity index (χ0n) is 18.6. The molecule has 2 saturated carbocycles. The summed E-state index contributed by atoms with van der Waals surface area (Å²) in [6.07, 6.45) is 5.68. The molecule has 0 aromatic carbocycles. The van der Waals surface area contributed by atoms with E-state index in [-0.39, 0.29) is 29.8 Å². The van der Waals surface area contributed by atoms with Crippen molar-refractivity contribution in [3.63, 3.8) is 0 Å². The first-order valence-electron chi connectivity index (χ1n) is 10.9. The molecule has 2 heterocycles. The Balaban J connectivity index is 1.25. The van der Waals surface area contributed by atoms with Gasteiger partial charge in [0.15, 0.2) is 0 Å². The molecule has 164 valence electrons. The fourth-order valence-corrected chi connectivity index (χ4v) is 4.34. The molecule has 2 amide bonds. The summed E-state index contributed by atoms with van der Waals surface area (Å²) in [4.78, 5) is 30.9. The summed E-state index contributed by atoms with van der Waals surface area (Å²) in [5.74, 6) is 1.89. The third-order valence-electron chi connectivity index (χ3n) is 6.03. The average Bonchev–Trinajstić information content (AvgIpc) is 3.56. The van der Waals surface area contributed by atoms with Crippen molar-refractivity contribution >= 4 is 12.0 Å². The second kappa shape index (κ2) is 7.43. The highest BCUT2D eigenvalue weighted by Gasteiger charge is 2.61. The van der Waals surface area contributed by atoms with Crippen LogP contribution >= 0.6 is 0 Å². The van der Waals surface area contributed by atoms with Crippen LogP contribution in [0.4, 0.5) is 4.79 Å². The van der Waals surface area contributed by atoms with E-state index in [0.717, 1.165) is 5.75 Å². The SMILES string of the molecule is CC(C)(COc1cnccc1C1CC1)NC(=O)C1[C@H]2CN(C(=O)OC(C)(C)C)C[C@@H]12. The van der Waals surface area contributed by atoms with Crippen molar-refractivity contribution in [2.45, 2.75) is 64.5 Å². The van der Waals surface area contributed by atoms with E-state index in [0.29, 0.717) is 25.6 Å². The lowest BCUT2D eigenvalue weighted by Gasteiger charge is -2.28. The van der Waals surface area contributed by atoms with Gasteiger partial charge in [-0.1, -0.05) is 0 Å². The van der Waals surface area contributed by atoms with Crippen LogP contribution in [0.3, 0.4) is 0 Å². The number of likely N-dealkylation sites (tertiary alicyclic amines) is 1. The molecule has 3 aliphatic rings. The first kappa shape index (κ1) is 20.9. The smallest absolute Gasteiger partial charge is 0.410 e. The molecule has 3 fully saturated rings. The molecule has 0 radical (unpaired) electrons. The van der Waals surface area contributed by atoms with Gasteiger partial charge in [0.25, 0.3) is 0 Å². The molecule has 1 unspecified atom stereocenters. The van der Waals surface area contributed by atoms with Crippen LogP contribution in [0.15, 0.2) is 18.5 Å². The largest absolute Gasteiger partial charge is 0.489 e. The molecule has 1 aromatic rings. The highest BCUT2D eigenvalue weighted by molar-refractivity contribution is 5.84. The van der Waals surface area contributed by atoms with Gasteiger partial charge < -0.3 is 19.7 Å². The van der Waals surface area contributed by atoms with Crippen LogP contribution in [0, 0.1) is 17.8 Å². The minimum atomic E-state index is -0.502. The van der Waals surface area contributed by atoms with Crippen LogP contribution in [0.25, 0.3) is 0 Å². The lowest BCUT2D eigenvalue weighted by molar-refractivity contribution is -0.125. The highest BCUT2D eigenvalue weighted by atomic mass is 16.6. The Bertz CT molecular complexity index is 816. The van der Waals surface area contributed by atoms with E-state index in [1.807, 2.05) is 40.7 Å². The number of hydrogen-bond acceptors (Lipinski definition) is 5. The molecule has 7 nitrogen and oxygen atoms in total. The molecular formula is C23H33N3O4. The molecule has 7 heteroatoms. The van der Waals surface area contributed by atoms with Crippen molar-refractivity contribution in [1.29, 1.82) is 0 Å². The first-order valence-corrected chi connectivity index (χ1v) is 10.9. The number of amides is 2. The molecule has 4 rings (SSSR count). The van der Waals surface area contributed by atoms with Crippen LogP contribution < -0.4 is 10.1 Å². The van der Waals surface area contributed by atoms with E-state index in [1.54, 1.807) is 17.3 Å². The van der Waals surface area contributed by atoms with Crippen molar-refractivity contribution in [1.82, 2.24) is 15.2 Å². The molecule has 1 aromatic heterocycles. The molecule has 1 aliphatic heterocycles. The van der Waals surface area contributed by atoms with Crippen molar-refractivity contribution in [3.8, 4) is 5.75 Å². The number of fused-ring (bicyclic) bond motifs is 1. The first-order chi connectivity index (χ1) is 14.0. The third-order valence-corrected chi connectivity index (χ3v) is 6.03. The minimum Gasteiger partial charge on any atom is -0.489 e. The predicted molar refractivity (Wildman–Crippen MR) is 112 cm³/mol. The molecular weight excluding hydrogens is 382 g/mol. The highest BCUT2D eigenvalue weighted by Crippen LogP contribution is 2.52. The molecule has 3 atom stereocenters. The molecule has 0 bridgehead atoms. The van der Waals surface area contributed by atoms with Gasteiger partial charge in [0.2, 0.25) is 5.91 Å². The van der Waals surface area contributed by atoms with E-state index in [4.69, 9.17) is 9.47 Å². The topological polar surface area (TPSA) is 80.8 Å². The van der Waals surface area contributed by atoms with Crippen molar-refractivity contribution in [2.24, 2.45) is 17.8 Å². The zero-order valence-corrected chi connectivity index (χ0v) is 18.6. The Morgan fingerprint density at radius 3 is 2.43 bits per heavy atom. The normalized spacial score (nSPS) is 25.5. The summed E-state index contributed by atoms with van der Waals surface area (Å²) in [5.41, 5.74) is 0.222. The van der Waals surface area contributed by atoms with Gasteiger partial charge in [-0.15, -0.1) is 0 Å². The summed E-state index contributed by atoms with van der Waals surface area (Å²) in [5, 5.41) is 3.14. The molecule has 30 heavy (non-hydrogen) atoms. The van der Waals surface area contributed by atoms with Crippen LogP contribution in [-0.2, 0) is 9.53 Å². The van der Waals surface area contributed by atoms with Gasteiger partial charge in [-0.25, -0.2) is 4.79 Å². The van der Waals surface area contributed by atoms with Gasteiger partial charge in [-0.3, -0.25) is 9.78 Å². The summed E-state index contributed by atoms with van der Waals surface area (Å²) >= 11 is 0. The quantitative estimate of drug-likeness (QED) is 0.771. The van der Waals surface area contributed by atoms with Crippen molar-refractivity contribution in [3.05, 3.63) is 24.0 Å². The Labute approximate surface area is 178 Å². The fourth-order valence-electron chi connectivity index (χ4n) is 4.34. The predicted octanol–water partition coefficient (Wildman–Crippen LogP) is 3.35. The van der Waals surface area contributed by atoms with Gasteiger partial charge in [0.05, 0.1) is 11.7 Å². The number of ether oxygens (including phenoxy) is 2. The Morgan fingerprint density at radius 1 is 1.17 bits per heavy atom. The van der Waals surface area contributed by atoms with E-state index in [9.17, 15) is 9.59 Å². The summed E-state index contributed by atoms with van der Waals surface area (Å²) in [7, 11) is 0. The second-order valence-corrected chi connectivity index (χ2v) is 10.6. The number of hydrogen-bond donors (Lipinski definition) is 1. The summed E-state index contributed by atoms with van der Waals surface area (Å²) in [6.45, 7) is 11.1. The molecule has 2 aliphatic carbocycles. The Kier molecular flexibility index (Phi) is 5.19. The number of aromatic nitrogens is 1. The van der Waals surface area contributed by atoms with E-state index >= 15 is 0 Å². The van der Waals surface area contributed by atoms with Gasteiger partial charge in [-0.05, 0) is 71.3 Å². The maximum absolute atomic E-state index is 12.8. The van der Waals surface area contributed by atoms with Crippen LogP contribution in [-0.4, -0.2) is 52.7 Å². The van der Waals surface area contributed by atoms with Crippen LogP contribution in [0.1, 0.15) is 58.9 Å². The minimum absolute atomic E-state index is 0.0246. The lowest BCUT2D eigenvalue weighted by Crippen LogP contribution is -2.49. The Morgan fingerprint density at radius 2 is 1.83 bits per heavy atom. The maximum Gasteiger partial charge on any atom is 0.410 e. The molecule has 1 N–H and O–H groups in total. The third kappa shape index (κ3) is 4.71. The number of piperidine rings is 1. The zero-order chi connectivity index (χ0) is 21.7. The van der Waals surface area contributed by atoms with Gasteiger partial charge in [0, 0.05) is 30.8 Å². The standard InChI is InChI=1S/C23H33N3O4/c1-22(2,3)30-21(28)26-11-16-17(12-26)19(16)20(27)25-23(4,5)13-29-18-10-24-9-8-15(18)14-6-7-14/h8-10,14,16-17,19H,6-7,11-13H2,1-5H3,(H,25,27)/t16-,17+,19?. The number of nitrogens with zero attached hydrogens (tertiary/aromatic N) is 2. The number of pyridine rings is 1. The summed E-state index contributed by atoms with van der Waals surface area (Å²) in [6, 6.07) is 2.03. The van der Waals surface area contributed by atoms with Gasteiger partial charge in [-0.2, -0.15) is 0 Å². The van der Waals surface area contributed by atoms with Crippen LogP contribution in [0.5, 0.6) is 5.75 Å². The number of nitrogens with one attached hydrogen (secondary N) is 1.